The van der Waals surface area contributed by atoms with Gasteiger partial charge in [-0.2, -0.15) is 30.7 Å². The van der Waals surface area contributed by atoms with Gasteiger partial charge in [0.25, 0.3) is 11.9 Å². The van der Waals surface area contributed by atoms with Gasteiger partial charge in [0.2, 0.25) is 0 Å². The van der Waals surface area contributed by atoms with E-state index in [1.165, 1.54) is 12.1 Å². The Kier molecular flexibility index (Phi) is 9.41. The summed E-state index contributed by atoms with van der Waals surface area (Å²) < 4.78 is 106. The zero-order valence-corrected chi connectivity index (χ0v) is 18.2. The van der Waals surface area contributed by atoms with E-state index in [1.54, 1.807) is 18.2 Å². The summed E-state index contributed by atoms with van der Waals surface area (Å²) in [6.45, 7) is -0.444. The van der Waals surface area contributed by atoms with Gasteiger partial charge in [0.1, 0.15) is 6.61 Å². The van der Waals surface area contributed by atoms with Gasteiger partial charge in [0.15, 0.2) is 0 Å². The molecular formula is C18H19F7O7Si. The van der Waals surface area contributed by atoms with Gasteiger partial charge in [0, 0.05) is 25.1 Å². The lowest BCUT2D eigenvalue weighted by Gasteiger charge is -2.29. The molecule has 0 aliphatic rings. The van der Waals surface area contributed by atoms with E-state index in [2.05, 4.69) is 9.47 Å². The molecule has 0 saturated carbocycles. The van der Waals surface area contributed by atoms with Gasteiger partial charge in [-0.05, 0) is 6.42 Å². The molecule has 1 aromatic carbocycles. The van der Waals surface area contributed by atoms with Crippen LogP contribution < -0.4 is 5.19 Å². The third-order valence-corrected chi connectivity index (χ3v) is 7.32. The van der Waals surface area contributed by atoms with Crippen LogP contribution in [0.4, 0.5) is 30.7 Å². The van der Waals surface area contributed by atoms with Crippen LogP contribution in [0, 0.1) is 0 Å². The highest BCUT2D eigenvalue weighted by Gasteiger charge is 2.74. The van der Waals surface area contributed by atoms with E-state index in [0.29, 0.717) is 5.19 Å². The molecule has 0 bridgehead atoms. The van der Waals surface area contributed by atoms with Gasteiger partial charge in [-0.3, -0.25) is 9.59 Å². The highest BCUT2D eigenvalue weighted by molar-refractivity contribution is 6.83. The number of rotatable bonds is 10. The van der Waals surface area contributed by atoms with Crippen molar-refractivity contribution in [2.24, 2.45) is 0 Å². The van der Waals surface area contributed by atoms with E-state index in [9.17, 15) is 45.1 Å². The molecule has 0 atom stereocenters. The molecule has 0 aliphatic heterocycles. The van der Waals surface area contributed by atoms with Crippen LogP contribution in [-0.2, 0) is 32.7 Å². The fourth-order valence-corrected chi connectivity index (χ4v) is 5.57. The van der Waals surface area contributed by atoms with Crippen molar-refractivity contribution in [3.63, 3.8) is 0 Å². The lowest BCUT2D eigenvalue weighted by Crippen LogP contribution is -2.56. The summed E-state index contributed by atoms with van der Waals surface area (Å²) in [5, 5.41) is 0.364. The average Bonchev–Trinajstić information content (AvgIpc) is 2.67. The number of hydrogen-bond donors (Lipinski definition) is 0. The summed E-state index contributed by atoms with van der Waals surface area (Å²) in [7, 11) is -3.75. The molecule has 1 aromatic rings. The topological polar surface area (TPSA) is 88.1 Å². The van der Waals surface area contributed by atoms with E-state index < -0.39 is 57.9 Å². The van der Waals surface area contributed by atoms with Crippen LogP contribution in [-0.4, -0.2) is 57.9 Å². The minimum atomic E-state index is -6.49. The summed E-state index contributed by atoms with van der Waals surface area (Å²) in [5.41, 5.74) is 0. The van der Waals surface area contributed by atoms with Crippen LogP contribution in [0.2, 0.25) is 6.04 Å². The maximum Gasteiger partial charge on any atom is 0.499 e. The largest absolute Gasteiger partial charge is 0.499 e. The Labute approximate surface area is 184 Å². The average molecular weight is 508 g/mol. The van der Waals surface area contributed by atoms with Crippen molar-refractivity contribution < 1.29 is 63.4 Å². The maximum atomic E-state index is 13.4. The van der Waals surface area contributed by atoms with Crippen molar-refractivity contribution in [3.8, 4) is 0 Å². The quantitative estimate of drug-likeness (QED) is 0.208. The van der Waals surface area contributed by atoms with Gasteiger partial charge in [-0.15, -0.1) is 0 Å². The zero-order chi connectivity index (χ0) is 25.5. The third-order valence-electron chi connectivity index (χ3n) is 3.86. The molecule has 186 valence electrons. The van der Waals surface area contributed by atoms with Crippen LogP contribution in [0.15, 0.2) is 30.3 Å². The van der Waals surface area contributed by atoms with Crippen molar-refractivity contribution in [3.05, 3.63) is 30.3 Å². The van der Waals surface area contributed by atoms with Crippen LogP contribution in [0.5, 0.6) is 0 Å². The molecule has 0 heterocycles. The Hall–Kier alpha value is -2.68. The second-order valence-corrected chi connectivity index (χ2v) is 9.50. The van der Waals surface area contributed by atoms with Crippen LogP contribution in [0.25, 0.3) is 0 Å². The second kappa shape index (κ2) is 11.0. The van der Waals surface area contributed by atoms with Crippen molar-refractivity contribution >= 4 is 31.7 Å². The molecule has 0 amide bonds. The first kappa shape index (κ1) is 28.3. The lowest BCUT2D eigenvalue weighted by atomic mass is 10.3. The van der Waals surface area contributed by atoms with E-state index in [1.807, 2.05) is 0 Å². The molecule has 0 radical (unpaired) electrons. The SMILES string of the molecule is CC(=O)O[Si](CCCOC(=O)COC(F)(C(F)(F)F)C(F)(F)F)(OC(C)=O)c1ccccc1. The Bertz CT molecular complexity index is 798. The number of hydrogen-bond acceptors (Lipinski definition) is 7. The number of carbonyl (C=O) groups is 3. The highest BCUT2D eigenvalue weighted by atomic mass is 28.4. The molecule has 0 unspecified atom stereocenters. The van der Waals surface area contributed by atoms with Crippen LogP contribution >= 0.6 is 0 Å². The van der Waals surface area contributed by atoms with E-state index in [0.717, 1.165) is 13.8 Å². The van der Waals surface area contributed by atoms with Gasteiger partial charge in [-0.25, -0.2) is 4.79 Å². The number of ether oxygens (including phenoxy) is 2. The molecule has 0 N–H and O–H groups in total. The first-order chi connectivity index (χ1) is 15.0. The first-order valence-corrected chi connectivity index (χ1v) is 11.1. The molecule has 7 nitrogen and oxygen atoms in total. The molecule has 0 spiro atoms. The summed E-state index contributed by atoms with van der Waals surface area (Å²) in [6, 6.07) is 7.67. The number of carbonyl (C=O) groups excluding carboxylic acids is 3. The van der Waals surface area contributed by atoms with Gasteiger partial charge in [-0.1, -0.05) is 30.3 Å². The molecule has 0 aliphatic carbocycles. The monoisotopic (exact) mass is 508 g/mol. The molecule has 15 heteroatoms. The number of alkyl halides is 7. The Morgan fingerprint density at radius 2 is 1.33 bits per heavy atom. The Morgan fingerprint density at radius 3 is 1.76 bits per heavy atom. The number of benzene rings is 1. The van der Waals surface area contributed by atoms with Crippen molar-refractivity contribution in [1.82, 2.24) is 0 Å². The van der Waals surface area contributed by atoms with Crippen molar-refractivity contribution in [1.29, 1.82) is 0 Å². The minimum absolute atomic E-state index is 0.164. The number of esters is 1. The summed E-state index contributed by atoms with van der Waals surface area (Å²) in [6.07, 6.45) is -13.1. The normalized spacial score (nSPS) is 12.8. The predicted molar refractivity (Wildman–Crippen MR) is 97.6 cm³/mol. The van der Waals surface area contributed by atoms with Gasteiger partial charge < -0.3 is 18.3 Å². The standard InChI is InChI=1S/C18H19F7O7Si/c1-12(26)31-33(32-13(2)27,14-7-4-3-5-8-14)10-6-9-29-15(28)11-30-16(19,17(20,21)22)18(23,24)25/h3-5,7-8H,6,9-11H2,1-2H3. The molecule has 0 saturated heterocycles. The Balaban J connectivity index is 2.81. The van der Waals surface area contributed by atoms with Gasteiger partial charge >= 0.3 is 32.7 Å². The summed E-state index contributed by atoms with van der Waals surface area (Å²) in [5.74, 6) is -9.33. The van der Waals surface area contributed by atoms with Crippen molar-refractivity contribution in [2.75, 3.05) is 13.2 Å². The van der Waals surface area contributed by atoms with E-state index in [-0.39, 0.29) is 12.5 Å². The molecule has 33 heavy (non-hydrogen) atoms. The van der Waals surface area contributed by atoms with Crippen LogP contribution in [0.3, 0.4) is 0 Å². The van der Waals surface area contributed by atoms with Gasteiger partial charge in [0.05, 0.1) is 6.61 Å². The van der Waals surface area contributed by atoms with Crippen molar-refractivity contribution in [2.45, 2.75) is 44.5 Å². The number of halogens is 7. The first-order valence-electron chi connectivity index (χ1n) is 9.11. The fourth-order valence-electron chi connectivity index (χ4n) is 2.56. The van der Waals surface area contributed by atoms with E-state index in [4.69, 9.17) is 8.85 Å². The molecular weight excluding hydrogens is 489 g/mol. The lowest BCUT2D eigenvalue weighted by molar-refractivity contribution is -0.428. The molecule has 0 aromatic heterocycles. The zero-order valence-electron chi connectivity index (χ0n) is 17.2. The van der Waals surface area contributed by atoms with Crippen LogP contribution in [0.1, 0.15) is 20.3 Å². The smallest absolute Gasteiger partial charge is 0.482 e. The summed E-state index contributed by atoms with van der Waals surface area (Å²) in [4.78, 5) is 34.7. The summed E-state index contributed by atoms with van der Waals surface area (Å²) >= 11 is 0. The minimum Gasteiger partial charge on any atom is -0.482 e. The van der Waals surface area contributed by atoms with E-state index >= 15 is 0 Å². The predicted octanol–water partition coefficient (Wildman–Crippen LogP) is 3.20. The molecule has 0 fully saturated rings. The second-order valence-electron chi connectivity index (χ2n) is 6.51. The maximum absolute atomic E-state index is 13.4. The third kappa shape index (κ3) is 7.70. The fraction of sp³-hybridized carbons (Fsp3) is 0.500. The highest BCUT2D eigenvalue weighted by Crippen LogP contribution is 2.46. The Morgan fingerprint density at radius 1 is 0.848 bits per heavy atom. The molecule has 1 rings (SSSR count).